The van der Waals surface area contributed by atoms with Crippen LogP contribution in [0.25, 0.3) is 0 Å². The zero-order valence-electron chi connectivity index (χ0n) is 8.94. The monoisotopic (exact) mass is 294 g/mol. The van der Waals surface area contributed by atoms with Crippen LogP contribution in [0.3, 0.4) is 0 Å². The van der Waals surface area contributed by atoms with Gasteiger partial charge in [0, 0.05) is 0 Å². The minimum absolute atomic E-state index is 0.0960. The van der Waals surface area contributed by atoms with Gasteiger partial charge in [-0.05, 0) is 24.5 Å². The number of nitrogens with one attached hydrogen (secondary N) is 1. The molecule has 0 saturated heterocycles. The van der Waals surface area contributed by atoms with Gasteiger partial charge in [0.05, 0.1) is 21.4 Å². The Morgan fingerprint density at radius 3 is 2.71 bits per heavy atom. The Balaban J connectivity index is 3.03. The Hall–Kier alpha value is -0.760. The molecule has 0 aliphatic heterocycles. The number of hydrogen-bond acceptors (Lipinski definition) is 4. The van der Waals surface area contributed by atoms with Gasteiger partial charge in [0.1, 0.15) is 0 Å². The van der Waals surface area contributed by atoms with Crippen LogP contribution < -0.4 is 10.5 Å². The first-order chi connectivity index (χ1) is 7.84. The van der Waals surface area contributed by atoms with Crippen molar-refractivity contribution in [1.29, 1.82) is 0 Å². The maximum atomic E-state index is 11.4. The van der Waals surface area contributed by atoms with Gasteiger partial charge in [0.15, 0.2) is 0 Å². The molecular weight excluding hydrogens is 284 g/mol. The number of carbonyl (C=O) groups is 1. The second-order valence-electron chi connectivity index (χ2n) is 3.17. The quantitative estimate of drug-likeness (QED) is 0.875. The van der Waals surface area contributed by atoms with Gasteiger partial charge < -0.3 is 5.32 Å². The van der Waals surface area contributed by atoms with E-state index in [0.29, 0.717) is 0 Å². The molecular formula is C9H11ClN2O3S2. The molecule has 0 heterocycles. The van der Waals surface area contributed by atoms with E-state index in [1.807, 2.05) is 0 Å². The topological polar surface area (TPSA) is 89.3 Å². The third-order valence-corrected chi connectivity index (χ3v) is 3.61. The molecule has 94 valence electrons. The maximum absolute atomic E-state index is 11.4. The van der Waals surface area contributed by atoms with E-state index in [-0.39, 0.29) is 27.3 Å². The van der Waals surface area contributed by atoms with E-state index in [2.05, 4.69) is 5.32 Å². The summed E-state index contributed by atoms with van der Waals surface area (Å²) in [5, 5.41) is 7.75. The SMILES string of the molecule is CSCC(=O)Nc1cc(S(N)(=O)=O)ccc1Cl. The second kappa shape index (κ2) is 5.72. The highest BCUT2D eigenvalue weighted by Crippen LogP contribution is 2.24. The van der Waals surface area contributed by atoms with Crippen molar-refractivity contribution in [2.24, 2.45) is 5.14 Å². The molecule has 0 spiro atoms. The van der Waals surface area contributed by atoms with Crippen molar-refractivity contribution in [3.63, 3.8) is 0 Å². The van der Waals surface area contributed by atoms with Crippen LogP contribution in [0.5, 0.6) is 0 Å². The van der Waals surface area contributed by atoms with Crippen molar-refractivity contribution >= 4 is 45.0 Å². The molecule has 8 heteroatoms. The van der Waals surface area contributed by atoms with Gasteiger partial charge in [-0.25, -0.2) is 13.6 Å². The molecule has 0 atom stereocenters. The van der Waals surface area contributed by atoms with Gasteiger partial charge >= 0.3 is 0 Å². The summed E-state index contributed by atoms with van der Waals surface area (Å²) in [7, 11) is -3.81. The van der Waals surface area contributed by atoms with E-state index in [4.69, 9.17) is 16.7 Å². The van der Waals surface area contributed by atoms with Gasteiger partial charge in [-0.2, -0.15) is 11.8 Å². The molecule has 0 radical (unpaired) electrons. The summed E-state index contributed by atoms with van der Waals surface area (Å²) in [5.41, 5.74) is 0.234. The summed E-state index contributed by atoms with van der Waals surface area (Å²) in [6, 6.07) is 3.88. The number of amides is 1. The number of primary sulfonamides is 1. The van der Waals surface area contributed by atoms with Crippen LogP contribution in [0, 0.1) is 0 Å². The number of hydrogen-bond donors (Lipinski definition) is 2. The number of carbonyl (C=O) groups excluding carboxylic acids is 1. The van der Waals surface area contributed by atoms with E-state index in [1.165, 1.54) is 30.0 Å². The van der Waals surface area contributed by atoms with Crippen LogP contribution in [0.15, 0.2) is 23.1 Å². The lowest BCUT2D eigenvalue weighted by Gasteiger charge is -2.08. The second-order valence-corrected chi connectivity index (χ2v) is 6.00. The first-order valence-corrected chi connectivity index (χ1v) is 7.77. The Morgan fingerprint density at radius 1 is 1.53 bits per heavy atom. The molecule has 1 aromatic carbocycles. The first-order valence-electron chi connectivity index (χ1n) is 4.45. The largest absolute Gasteiger partial charge is 0.324 e. The van der Waals surface area contributed by atoms with Crippen LogP contribution in [0.1, 0.15) is 0 Å². The van der Waals surface area contributed by atoms with Crippen molar-refractivity contribution in [3.05, 3.63) is 23.2 Å². The molecule has 1 amide bonds. The molecule has 1 aromatic rings. The van der Waals surface area contributed by atoms with E-state index < -0.39 is 10.0 Å². The van der Waals surface area contributed by atoms with Crippen molar-refractivity contribution in [2.45, 2.75) is 4.90 Å². The van der Waals surface area contributed by atoms with E-state index in [9.17, 15) is 13.2 Å². The Labute approximate surface area is 109 Å². The fourth-order valence-corrected chi connectivity index (χ4v) is 2.13. The van der Waals surface area contributed by atoms with Crippen LogP contribution in [0.4, 0.5) is 5.69 Å². The molecule has 0 aromatic heterocycles. The summed E-state index contributed by atoms with van der Waals surface area (Å²) in [5.74, 6) is 0.00149. The molecule has 0 aliphatic carbocycles. The minimum Gasteiger partial charge on any atom is -0.324 e. The number of anilines is 1. The lowest BCUT2D eigenvalue weighted by atomic mass is 10.3. The van der Waals surface area contributed by atoms with Crippen molar-refractivity contribution < 1.29 is 13.2 Å². The number of rotatable bonds is 4. The summed E-state index contributed by atoms with van der Waals surface area (Å²) in [6.45, 7) is 0. The highest BCUT2D eigenvalue weighted by atomic mass is 35.5. The summed E-state index contributed by atoms with van der Waals surface area (Å²) >= 11 is 7.18. The lowest BCUT2D eigenvalue weighted by Crippen LogP contribution is -2.16. The number of sulfonamides is 1. The maximum Gasteiger partial charge on any atom is 0.238 e. The van der Waals surface area contributed by atoms with Crippen LogP contribution in [-0.2, 0) is 14.8 Å². The molecule has 0 aliphatic rings. The summed E-state index contributed by atoms with van der Waals surface area (Å²) in [4.78, 5) is 11.3. The molecule has 5 nitrogen and oxygen atoms in total. The number of thioether (sulfide) groups is 1. The normalized spacial score (nSPS) is 11.2. The van der Waals surface area contributed by atoms with Crippen LogP contribution in [0.2, 0.25) is 5.02 Å². The van der Waals surface area contributed by atoms with Gasteiger partial charge in [0.2, 0.25) is 15.9 Å². The zero-order valence-corrected chi connectivity index (χ0v) is 11.3. The van der Waals surface area contributed by atoms with E-state index in [1.54, 1.807) is 6.26 Å². The number of halogens is 1. The molecule has 0 saturated carbocycles. The highest BCUT2D eigenvalue weighted by Gasteiger charge is 2.12. The van der Waals surface area contributed by atoms with Crippen molar-refractivity contribution in [3.8, 4) is 0 Å². The van der Waals surface area contributed by atoms with Crippen molar-refractivity contribution in [2.75, 3.05) is 17.3 Å². The average molecular weight is 295 g/mol. The average Bonchev–Trinajstić information content (AvgIpc) is 2.20. The molecule has 17 heavy (non-hydrogen) atoms. The predicted octanol–water partition coefficient (Wildman–Crippen LogP) is 1.29. The molecule has 3 N–H and O–H groups in total. The Morgan fingerprint density at radius 2 is 2.18 bits per heavy atom. The third-order valence-electron chi connectivity index (χ3n) is 1.82. The summed E-state index contributed by atoms with van der Waals surface area (Å²) < 4.78 is 22.3. The van der Waals surface area contributed by atoms with Gasteiger partial charge in [-0.1, -0.05) is 11.6 Å². The van der Waals surface area contributed by atoms with E-state index >= 15 is 0 Å². The molecule has 0 unspecified atom stereocenters. The van der Waals surface area contributed by atoms with Gasteiger partial charge in [0.25, 0.3) is 0 Å². The molecule has 0 fully saturated rings. The third kappa shape index (κ3) is 4.19. The number of nitrogens with two attached hydrogens (primary N) is 1. The minimum atomic E-state index is -3.81. The smallest absolute Gasteiger partial charge is 0.238 e. The lowest BCUT2D eigenvalue weighted by molar-refractivity contribution is -0.113. The zero-order chi connectivity index (χ0) is 13.1. The van der Waals surface area contributed by atoms with Crippen molar-refractivity contribution in [1.82, 2.24) is 0 Å². The van der Waals surface area contributed by atoms with E-state index in [0.717, 1.165) is 0 Å². The fraction of sp³-hybridized carbons (Fsp3) is 0.222. The summed E-state index contributed by atoms with van der Waals surface area (Å²) in [6.07, 6.45) is 1.78. The van der Waals surface area contributed by atoms with Gasteiger partial charge in [-0.3, -0.25) is 4.79 Å². The predicted molar refractivity (Wildman–Crippen MR) is 69.8 cm³/mol. The van der Waals surface area contributed by atoms with Gasteiger partial charge in [-0.15, -0.1) is 0 Å². The number of benzene rings is 1. The Kier molecular flexibility index (Phi) is 4.81. The molecule has 1 rings (SSSR count). The fourth-order valence-electron chi connectivity index (χ4n) is 1.09. The first kappa shape index (κ1) is 14.3. The standard InChI is InChI=1S/C9H11ClN2O3S2/c1-16-5-9(13)12-8-4-6(17(11,14)15)2-3-7(8)10/h2-4H,5H2,1H3,(H,12,13)(H2,11,14,15). The molecule has 0 bridgehead atoms. The highest BCUT2D eigenvalue weighted by molar-refractivity contribution is 7.99. The van der Waals surface area contributed by atoms with Crippen LogP contribution >= 0.6 is 23.4 Å². The van der Waals surface area contributed by atoms with Crippen LogP contribution in [-0.4, -0.2) is 26.3 Å². The Bertz CT molecular complexity index is 531.